The molecule has 28 heavy (non-hydrogen) atoms. The van der Waals surface area contributed by atoms with Crippen LogP contribution in [0, 0.1) is 15.9 Å². The molecule has 0 aliphatic carbocycles. The second-order valence-corrected chi connectivity index (χ2v) is 6.33. The van der Waals surface area contributed by atoms with E-state index in [1.165, 1.54) is 47.7 Å². The monoisotopic (exact) mass is 401 g/mol. The Morgan fingerprint density at radius 2 is 1.82 bits per heavy atom. The van der Waals surface area contributed by atoms with Crippen molar-refractivity contribution in [1.29, 1.82) is 0 Å². The summed E-state index contributed by atoms with van der Waals surface area (Å²) in [5.41, 5.74) is 1.20. The minimum Gasteiger partial charge on any atom is -0.452 e. The molecule has 8 nitrogen and oxygen atoms in total. The molecule has 2 aromatic carbocycles. The molecule has 0 fully saturated rings. The number of amides is 1. The van der Waals surface area contributed by atoms with E-state index in [0.717, 1.165) is 0 Å². The zero-order chi connectivity index (χ0) is 20.1. The summed E-state index contributed by atoms with van der Waals surface area (Å²) in [5.74, 6) is -1.73. The Morgan fingerprint density at radius 3 is 2.46 bits per heavy atom. The van der Waals surface area contributed by atoms with Crippen molar-refractivity contribution in [2.45, 2.75) is 0 Å². The maximum atomic E-state index is 13.0. The number of rotatable bonds is 6. The Hall–Kier alpha value is -3.66. The topological polar surface area (TPSA) is 111 Å². The third-order valence-electron chi connectivity index (χ3n) is 3.54. The number of ether oxygens (including phenoxy) is 1. The van der Waals surface area contributed by atoms with Crippen LogP contribution in [0.5, 0.6) is 0 Å². The minimum atomic E-state index is -0.781. The molecule has 0 aliphatic rings. The molecular formula is C18H12FN3O5S. The fraction of sp³-hybridized carbons (Fsp3) is 0.0556. The van der Waals surface area contributed by atoms with Gasteiger partial charge in [0, 0.05) is 23.1 Å². The van der Waals surface area contributed by atoms with Crippen molar-refractivity contribution < 1.29 is 23.6 Å². The van der Waals surface area contributed by atoms with E-state index < -0.39 is 23.4 Å². The van der Waals surface area contributed by atoms with Crippen LogP contribution in [-0.4, -0.2) is 28.4 Å². The fourth-order valence-electron chi connectivity index (χ4n) is 2.17. The molecule has 1 aromatic heterocycles. The van der Waals surface area contributed by atoms with Gasteiger partial charge >= 0.3 is 5.97 Å². The number of anilines is 1. The van der Waals surface area contributed by atoms with E-state index in [1.54, 1.807) is 17.5 Å². The number of nitrogens with zero attached hydrogens (tertiary/aromatic N) is 2. The van der Waals surface area contributed by atoms with Gasteiger partial charge in [0.2, 0.25) is 0 Å². The number of halogens is 1. The first-order valence-electron chi connectivity index (χ1n) is 7.85. The second kappa shape index (κ2) is 8.35. The number of hydrogen-bond acceptors (Lipinski definition) is 7. The van der Waals surface area contributed by atoms with Gasteiger partial charge < -0.3 is 4.74 Å². The Bertz CT molecular complexity index is 1020. The maximum Gasteiger partial charge on any atom is 0.338 e. The zero-order valence-corrected chi connectivity index (χ0v) is 14.9. The largest absolute Gasteiger partial charge is 0.452 e. The SMILES string of the molecule is O=C(COC(=O)c1ccc([N+](=O)[O-])cc1)Nc1nc(-c2ccc(F)cc2)cs1. The number of benzene rings is 2. The summed E-state index contributed by atoms with van der Waals surface area (Å²) in [4.78, 5) is 38.0. The number of carbonyl (C=O) groups excluding carboxylic acids is 2. The predicted octanol–water partition coefficient (Wildman–Crippen LogP) is 3.65. The number of carbonyl (C=O) groups is 2. The van der Waals surface area contributed by atoms with Gasteiger partial charge in [0.1, 0.15) is 5.82 Å². The van der Waals surface area contributed by atoms with E-state index in [2.05, 4.69) is 10.3 Å². The van der Waals surface area contributed by atoms with Crippen molar-refractivity contribution in [2.75, 3.05) is 11.9 Å². The van der Waals surface area contributed by atoms with Crippen LogP contribution in [0.4, 0.5) is 15.2 Å². The molecule has 0 radical (unpaired) electrons. The van der Waals surface area contributed by atoms with E-state index in [-0.39, 0.29) is 17.1 Å². The average Bonchev–Trinajstić information content (AvgIpc) is 3.15. The van der Waals surface area contributed by atoms with Gasteiger partial charge in [0.05, 0.1) is 16.2 Å². The van der Waals surface area contributed by atoms with Crippen LogP contribution in [0.15, 0.2) is 53.9 Å². The molecule has 0 spiro atoms. The molecule has 1 heterocycles. The molecule has 3 rings (SSSR count). The van der Waals surface area contributed by atoms with Gasteiger partial charge in [-0.2, -0.15) is 0 Å². The number of aromatic nitrogens is 1. The van der Waals surface area contributed by atoms with Crippen molar-refractivity contribution in [1.82, 2.24) is 4.98 Å². The summed E-state index contributed by atoms with van der Waals surface area (Å²) in [6.07, 6.45) is 0. The van der Waals surface area contributed by atoms with Gasteiger partial charge in [-0.1, -0.05) is 0 Å². The van der Waals surface area contributed by atoms with Crippen molar-refractivity contribution >= 4 is 34.0 Å². The van der Waals surface area contributed by atoms with Crippen LogP contribution in [0.25, 0.3) is 11.3 Å². The van der Waals surface area contributed by atoms with E-state index in [1.807, 2.05) is 0 Å². The Morgan fingerprint density at radius 1 is 1.14 bits per heavy atom. The lowest BCUT2D eigenvalue weighted by Crippen LogP contribution is -2.20. The lowest BCUT2D eigenvalue weighted by atomic mass is 10.2. The number of nitro benzene ring substituents is 1. The number of nitro groups is 1. The molecule has 0 saturated carbocycles. The standard InChI is InChI=1S/C18H12FN3O5S/c19-13-5-1-11(2-6-13)15-10-28-18(20-15)21-16(23)9-27-17(24)12-3-7-14(8-4-12)22(25)26/h1-8,10H,9H2,(H,20,21,23). The summed E-state index contributed by atoms with van der Waals surface area (Å²) in [6.45, 7) is -0.540. The first kappa shape index (κ1) is 19.1. The summed E-state index contributed by atoms with van der Waals surface area (Å²) in [7, 11) is 0. The van der Waals surface area contributed by atoms with Crippen molar-refractivity contribution in [2.24, 2.45) is 0 Å². The number of thiazole rings is 1. The molecule has 142 valence electrons. The van der Waals surface area contributed by atoms with Gasteiger partial charge in [-0.05, 0) is 36.4 Å². The van der Waals surface area contributed by atoms with Gasteiger partial charge in [-0.3, -0.25) is 20.2 Å². The molecule has 0 unspecified atom stereocenters. The first-order chi connectivity index (χ1) is 13.4. The van der Waals surface area contributed by atoms with Crippen LogP contribution >= 0.6 is 11.3 Å². The van der Waals surface area contributed by atoms with Crippen LogP contribution < -0.4 is 5.32 Å². The van der Waals surface area contributed by atoms with E-state index in [9.17, 15) is 24.1 Å². The summed E-state index contributed by atoms with van der Waals surface area (Å²) >= 11 is 1.17. The second-order valence-electron chi connectivity index (χ2n) is 5.47. The van der Waals surface area contributed by atoms with Crippen LogP contribution in [0.2, 0.25) is 0 Å². The highest BCUT2D eigenvalue weighted by Gasteiger charge is 2.14. The molecule has 0 bridgehead atoms. The molecule has 10 heteroatoms. The third kappa shape index (κ3) is 4.74. The molecule has 0 atom stereocenters. The molecule has 0 saturated heterocycles. The molecule has 0 aliphatic heterocycles. The average molecular weight is 401 g/mol. The van der Waals surface area contributed by atoms with Crippen LogP contribution in [0.1, 0.15) is 10.4 Å². The normalized spacial score (nSPS) is 10.3. The van der Waals surface area contributed by atoms with Gasteiger partial charge in [0.25, 0.3) is 11.6 Å². The van der Waals surface area contributed by atoms with E-state index in [4.69, 9.17) is 4.74 Å². The minimum absolute atomic E-state index is 0.0891. The van der Waals surface area contributed by atoms with Gasteiger partial charge in [0.15, 0.2) is 11.7 Å². The van der Waals surface area contributed by atoms with Crippen LogP contribution in [-0.2, 0) is 9.53 Å². The Kier molecular flexibility index (Phi) is 5.70. The highest BCUT2D eigenvalue weighted by atomic mass is 32.1. The van der Waals surface area contributed by atoms with Crippen molar-refractivity contribution in [3.8, 4) is 11.3 Å². The number of hydrogen-bond donors (Lipinski definition) is 1. The van der Waals surface area contributed by atoms with Crippen molar-refractivity contribution in [3.05, 3.63) is 75.4 Å². The predicted molar refractivity (Wildman–Crippen MR) is 99.5 cm³/mol. The highest BCUT2D eigenvalue weighted by molar-refractivity contribution is 7.14. The molecular weight excluding hydrogens is 389 g/mol. The van der Waals surface area contributed by atoms with E-state index in [0.29, 0.717) is 16.4 Å². The smallest absolute Gasteiger partial charge is 0.338 e. The molecule has 1 amide bonds. The first-order valence-corrected chi connectivity index (χ1v) is 8.73. The Balaban J connectivity index is 1.53. The molecule has 3 aromatic rings. The van der Waals surface area contributed by atoms with Gasteiger partial charge in [-0.25, -0.2) is 14.2 Å². The van der Waals surface area contributed by atoms with Crippen LogP contribution in [0.3, 0.4) is 0 Å². The highest BCUT2D eigenvalue weighted by Crippen LogP contribution is 2.25. The number of non-ortho nitro benzene ring substituents is 1. The quantitative estimate of drug-likeness (QED) is 0.383. The van der Waals surface area contributed by atoms with E-state index >= 15 is 0 Å². The third-order valence-corrected chi connectivity index (χ3v) is 4.30. The zero-order valence-electron chi connectivity index (χ0n) is 14.1. The Labute approximate surface area is 161 Å². The fourth-order valence-corrected chi connectivity index (χ4v) is 2.91. The van der Waals surface area contributed by atoms with Gasteiger partial charge in [-0.15, -0.1) is 11.3 Å². The summed E-state index contributed by atoms with van der Waals surface area (Å²) < 4.78 is 17.8. The van der Waals surface area contributed by atoms with Crippen molar-refractivity contribution in [3.63, 3.8) is 0 Å². The summed E-state index contributed by atoms with van der Waals surface area (Å²) in [5, 5.41) is 15.1. The number of nitrogens with one attached hydrogen (secondary N) is 1. The lowest BCUT2D eigenvalue weighted by molar-refractivity contribution is -0.384. The lowest BCUT2D eigenvalue weighted by Gasteiger charge is -2.04. The maximum absolute atomic E-state index is 13.0. The molecule has 1 N–H and O–H groups in total. The summed E-state index contributed by atoms with van der Waals surface area (Å²) in [6, 6.07) is 10.6. The number of esters is 1.